The Morgan fingerprint density at radius 2 is 2.14 bits per heavy atom. The largest absolute Gasteiger partial charge is 0.355 e. The van der Waals surface area contributed by atoms with Gasteiger partial charge in [-0.25, -0.2) is 19.3 Å². The molecule has 22 heavy (non-hydrogen) atoms. The summed E-state index contributed by atoms with van der Waals surface area (Å²) in [5.41, 5.74) is 0.937. The zero-order valence-electron chi connectivity index (χ0n) is 12.5. The summed E-state index contributed by atoms with van der Waals surface area (Å²) >= 11 is 3.23. The van der Waals surface area contributed by atoms with Gasteiger partial charge in [0.1, 0.15) is 12.1 Å². The number of aryl methyl sites for hydroxylation is 1. The molecule has 0 saturated carbocycles. The maximum Gasteiger partial charge on any atom is 0.166 e. The molecule has 0 spiro atoms. The van der Waals surface area contributed by atoms with Crippen LogP contribution in [0.1, 0.15) is 12.1 Å². The van der Waals surface area contributed by atoms with Gasteiger partial charge >= 0.3 is 0 Å². The van der Waals surface area contributed by atoms with Crippen LogP contribution in [0.15, 0.2) is 29.1 Å². The first-order valence-electron chi connectivity index (χ1n) is 7.12. The molecule has 1 unspecified atom stereocenters. The van der Waals surface area contributed by atoms with Crippen LogP contribution >= 0.6 is 15.9 Å². The summed E-state index contributed by atoms with van der Waals surface area (Å²) in [5, 5.41) is 0. The maximum atomic E-state index is 14.0. The van der Waals surface area contributed by atoms with Crippen molar-refractivity contribution in [2.45, 2.75) is 19.4 Å². The third-order valence-corrected chi connectivity index (χ3v) is 4.38. The van der Waals surface area contributed by atoms with E-state index < -0.39 is 0 Å². The number of pyridine rings is 1. The van der Waals surface area contributed by atoms with Gasteiger partial charge in [-0.15, -0.1) is 0 Å². The monoisotopic (exact) mass is 365 g/mol. The molecular formula is C15H17BrFN5. The molecule has 1 fully saturated rings. The van der Waals surface area contributed by atoms with E-state index in [4.69, 9.17) is 0 Å². The predicted molar refractivity (Wildman–Crippen MR) is 87.7 cm³/mol. The predicted octanol–water partition coefficient (Wildman–Crippen LogP) is 2.80. The Labute approximate surface area is 137 Å². The van der Waals surface area contributed by atoms with Crippen LogP contribution in [0.2, 0.25) is 0 Å². The van der Waals surface area contributed by atoms with Gasteiger partial charge in [0.15, 0.2) is 11.6 Å². The quantitative estimate of drug-likeness (QED) is 0.836. The van der Waals surface area contributed by atoms with Crippen molar-refractivity contribution in [1.29, 1.82) is 0 Å². The lowest BCUT2D eigenvalue weighted by atomic mass is 10.2. The molecule has 1 saturated heterocycles. The molecule has 1 aliphatic heterocycles. The maximum absolute atomic E-state index is 14.0. The first-order chi connectivity index (χ1) is 10.5. The summed E-state index contributed by atoms with van der Waals surface area (Å²) in [6, 6.07) is 3.69. The molecule has 5 nitrogen and oxygen atoms in total. The van der Waals surface area contributed by atoms with Crippen LogP contribution in [-0.4, -0.2) is 41.1 Å². The van der Waals surface area contributed by atoms with E-state index in [0.29, 0.717) is 10.3 Å². The van der Waals surface area contributed by atoms with Crippen molar-refractivity contribution in [2.75, 3.05) is 29.9 Å². The van der Waals surface area contributed by atoms with E-state index in [2.05, 4.69) is 35.8 Å². The lowest BCUT2D eigenvalue weighted by Crippen LogP contribution is -2.35. The highest BCUT2D eigenvalue weighted by Crippen LogP contribution is 2.26. The molecule has 3 rings (SSSR count). The lowest BCUT2D eigenvalue weighted by Gasteiger charge is -2.26. The molecular weight excluding hydrogens is 349 g/mol. The summed E-state index contributed by atoms with van der Waals surface area (Å²) < 4.78 is 14.7. The molecule has 7 heteroatoms. The SMILES string of the molecule is Cc1cc(N(C)C2CCN(c3ncc(Br)cc3F)C2)ncn1. The molecule has 0 radical (unpaired) electrons. The lowest BCUT2D eigenvalue weighted by molar-refractivity contribution is 0.613. The molecule has 0 bridgehead atoms. The number of aromatic nitrogens is 3. The summed E-state index contributed by atoms with van der Waals surface area (Å²) in [6.45, 7) is 3.46. The Morgan fingerprint density at radius 3 is 2.86 bits per heavy atom. The van der Waals surface area contributed by atoms with Gasteiger partial charge in [-0.1, -0.05) is 0 Å². The van der Waals surface area contributed by atoms with Gasteiger partial charge < -0.3 is 9.80 Å². The van der Waals surface area contributed by atoms with Crippen LogP contribution in [0.3, 0.4) is 0 Å². The number of halogens is 2. The topological polar surface area (TPSA) is 45.2 Å². The normalized spacial score (nSPS) is 17.8. The zero-order chi connectivity index (χ0) is 15.7. The van der Waals surface area contributed by atoms with Crippen LogP contribution in [0, 0.1) is 12.7 Å². The second-order valence-corrected chi connectivity index (χ2v) is 6.39. The van der Waals surface area contributed by atoms with Gasteiger partial charge in [0.2, 0.25) is 0 Å². The van der Waals surface area contributed by atoms with Gasteiger partial charge in [0.05, 0.1) is 0 Å². The average Bonchev–Trinajstić information content (AvgIpc) is 2.96. The number of hydrogen-bond acceptors (Lipinski definition) is 5. The Balaban J connectivity index is 1.74. The zero-order valence-corrected chi connectivity index (χ0v) is 14.1. The van der Waals surface area contributed by atoms with Gasteiger partial charge in [0, 0.05) is 48.6 Å². The van der Waals surface area contributed by atoms with Crippen LogP contribution in [0.4, 0.5) is 16.0 Å². The van der Waals surface area contributed by atoms with Gasteiger partial charge in [-0.05, 0) is 35.3 Å². The molecule has 116 valence electrons. The van der Waals surface area contributed by atoms with Crippen molar-refractivity contribution in [3.05, 3.63) is 40.6 Å². The summed E-state index contributed by atoms with van der Waals surface area (Å²) in [7, 11) is 2.02. The fourth-order valence-corrected chi connectivity index (χ4v) is 3.01. The molecule has 1 atom stereocenters. The van der Waals surface area contributed by atoms with Crippen LogP contribution in [0.25, 0.3) is 0 Å². The van der Waals surface area contributed by atoms with Crippen molar-refractivity contribution in [3.63, 3.8) is 0 Å². The molecule has 0 amide bonds. The van der Waals surface area contributed by atoms with Crippen molar-refractivity contribution >= 4 is 27.6 Å². The molecule has 0 aliphatic carbocycles. The van der Waals surface area contributed by atoms with E-state index in [0.717, 1.165) is 31.0 Å². The Hall–Kier alpha value is -1.76. The number of nitrogens with zero attached hydrogens (tertiary/aromatic N) is 5. The second kappa shape index (κ2) is 6.16. The summed E-state index contributed by atoms with van der Waals surface area (Å²) in [5.74, 6) is 1.01. The average molecular weight is 366 g/mol. The van der Waals surface area contributed by atoms with Crippen molar-refractivity contribution < 1.29 is 4.39 Å². The number of hydrogen-bond donors (Lipinski definition) is 0. The number of anilines is 2. The molecule has 2 aromatic heterocycles. The van der Waals surface area contributed by atoms with Crippen LogP contribution in [0.5, 0.6) is 0 Å². The van der Waals surface area contributed by atoms with E-state index in [1.807, 2.05) is 24.9 Å². The van der Waals surface area contributed by atoms with Crippen molar-refractivity contribution in [1.82, 2.24) is 15.0 Å². The fraction of sp³-hybridized carbons (Fsp3) is 0.400. The second-order valence-electron chi connectivity index (χ2n) is 5.48. The Bertz CT molecular complexity index is 681. The first kappa shape index (κ1) is 15.1. The number of likely N-dealkylation sites (N-methyl/N-ethyl adjacent to an activating group) is 1. The van der Waals surface area contributed by atoms with Gasteiger partial charge in [-0.3, -0.25) is 0 Å². The van der Waals surface area contributed by atoms with Crippen LogP contribution < -0.4 is 9.80 Å². The van der Waals surface area contributed by atoms with Gasteiger partial charge in [-0.2, -0.15) is 0 Å². The van der Waals surface area contributed by atoms with E-state index >= 15 is 0 Å². The van der Waals surface area contributed by atoms with E-state index in [1.165, 1.54) is 6.07 Å². The van der Waals surface area contributed by atoms with Crippen molar-refractivity contribution in [2.24, 2.45) is 0 Å². The van der Waals surface area contributed by atoms with Gasteiger partial charge in [0.25, 0.3) is 0 Å². The minimum atomic E-state index is -0.296. The minimum absolute atomic E-state index is 0.277. The first-order valence-corrected chi connectivity index (χ1v) is 7.91. The van der Waals surface area contributed by atoms with E-state index in [-0.39, 0.29) is 11.9 Å². The van der Waals surface area contributed by atoms with Crippen LogP contribution in [-0.2, 0) is 0 Å². The third kappa shape index (κ3) is 3.04. The molecule has 0 N–H and O–H groups in total. The molecule has 1 aliphatic rings. The molecule has 0 aromatic carbocycles. The molecule has 2 aromatic rings. The summed E-state index contributed by atoms with van der Waals surface area (Å²) in [6.07, 6.45) is 4.14. The highest BCUT2D eigenvalue weighted by molar-refractivity contribution is 9.10. The third-order valence-electron chi connectivity index (χ3n) is 3.95. The Morgan fingerprint density at radius 1 is 1.32 bits per heavy atom. The number of rotatable bonds is 3. The highest BCUT2D eigenvalue weighted by Gasteiger charge is 2.28. The fourth-order valence-electron chi connectivity index (χ4n) is 2.71. The smallest absolute Gasteiger partial charge is 0.166 e. The highest BCUT2D eigenvalue weighted by atomic mass is 79.9. The molecule has 3 heterocycles. The van der Waals surface area contributed by atoms with E-state index in [1.54, 1.807) is 12.5 Å². The standard InChI is InChI=1S/C15H17BrFN5/c1-10-5-14(20-9-19-10)21(2)12-3-4-22(8-12)15-13(17)6-11(16)7-18-15/h5-7,9,12H,3-4,8H2,1-2H3. The minimum Gasteiger partial charge on any atom is -0.355 e. The van der Waals surface area contributed by atoms with E-state index in [9.17, 15) is 4.39 Å². The summed E-state index contributed by atoms with van der Waals surface area (Å²) in [4.78, 5) is 16.7. The Kier molecular flexibility index (Phi) is 4.24. The van der Waals surface area contributed by atoms with Crippen molar-refractivity contribution in [3.8, 4) is 0 Å².